The molecular formula is C31H34O16. The second kappa shape index (κ2) is 13.2. The van der Waals surface area contributed by atoms with Crippen molar-refractivity contribution in [3.63, 3.8) is 0 Å². The van der Waals surface area contributed by atoms with E-state index in [1.807, 2.05) is 0 Å². The van der Waals surface area contributed by atoms with E-state index in [1.165, 1.54) is 26.0 Å². The normalized spacial score (nSPS) is 31.8. The van der Waals surface area contributed by atoms with Gasteiger partial charge in [0.25, 0.3) is 0 Å². The van der Waals surface area contributed by atoms with E-state index in [2.05, 4.69) is 0 Å². The number of hydrogen-bond donors (Lipinski definition) is 6. The average molecular weight is 663 g/mol. The van der Waals surface area contributed by atoms with Gasteiger partial charge in [-0.15, -0.1) is 0 Å². The molecule has 2 aromatic rings. The number of phenols is 2. The van der Waals surface area contributed by atoms with E-state index in [-0.39, 0.29) is 39.3 Å². The fourth-order valence-corrected chi connectivity index (χ4v) is 5.67. The molecule has 6 N–H and O–H groups in total. The topological polar surface area (TPSA) is 245 Å². The van der Waals surface area contributed by atoms with E-state index in [4.69, 9.17) is 28.4 Å². The number of rotatable bonds is 7. The molecule has 2 aromatic carbocycles. The minimum atomic E-state index is -1.84. The number of carbonyl (C=O) groups is 4. The van der Waals surface area contributed by atoms with Crippen molar-refractivity contribution in [3.05, 3.63) is 52.1 Å². The van der Waals surface area contributed by atoms with Crippen molar-refractivity contribution in [2.75, 3.05) is 6.61 Å². The fourth-order valence-electron chi connectivity index (χ4n) is 5.67. The number of hydrogen-bond acceptors (Lipinski definition) is 16. The van der Waals surface area contributed by atoms with Gasteiger partial charge in [-0.1, -0.05) is 0 Å². The summed E-state index contributed by atoms with van der Waals surface area (Å²) in [5.74, 6) is -4.14. The number of aromatic hydroxyl groups is 2. The summed E-state index contributed by atoms with van der Waals surface area (Å²) in [4.78, 5) is 50.5. The van der Waals surface area contributed by atoms with E-state index in [9.17, 15) is 49.8 Å². The van der Waals surface area contributed by atoms with Gasteiger partial charge in [0, 0.05) is 36.1 Å². The number of phenolic OH excluding ortho intramolecular Hbond substituents is 2. The van der Waals surface area contributed by atoms with Crippen LogP contribution < -0.4 is 4.74 Å². The van der Waals surface area contributed by atoms with E-state index in [1.54, 1.807) is 0 Å². The summed E-state index contributed by atoms with van der Waals surface area (Å²) < 4.78 is 33.8. The number of benzene rings is 2. The van der Waals surface area contributed by atoms with Crippen molar-refractivity contribution >= 4 is 23.5 Å². The number of ether oxygens (including phenoxy) is 6. The Morgan fingerprint density at radius 3 is 2.17 bits per heavy atom. The van der Waals surface area contributed by atoms with Crippen LogP contribution in [0.25, 0.3) is 0 Å². The van der Waals surface area contributed by atoms with Crippen LogP contribution in [0.5, 0.6) is 17.2 Å². The zero-order chi connectivity index (χ0) is 34.5. The third kappa shape index (κ3) is 6.40. The lowest BCUT2D eigenvalue weighted by molar-refractivity contribution is -0.355. The van der Waals surface area contributed by atoms with Gasteiger partial charge in [0.1, 0.15) is 54.4 Å². The molecule has 2 saturated heterocycles. The summed E-state index contributed by atoms with van der Waals surface area (Å²) >= 11 is 0. The van der Waals surface area contributed by atoms with Crippen LogP contribution in [0.15, 0.2) is 24.3 Å². The van der Waals surface area contributed by atoms with Gasteiger partial charge in [-0.2, -0.15) is 0 Å². The lowest BCUT2D eigenvalue weighted by atomic mass is 9.82. The Hall–Kier alpha value is -4.16. The number of aliphatic hydroxyl groups excluding tert-OH is 4. The van der Waals surface area contributed by atoms with Gasteiger partial charge in [0.15, 0.2) is 30.1 Å². The molecule has 16 nitrogen and oxygen atoms in total. The van der Waals surface area contributed by atoms with E-state index >= 15 is 0 Å². The molecule has 254 valence electrons. The lowest BCUT2D eigenvalue weighted by Crippen LogP contribution is -2.65. The highest BCUT2D eigenvalue weighted by molar-refractivity contribution is 6.29. The van der Waals surface area contributed by atoms with Crippen LogP contribution in [0.3, 0.4) is 0 Å². The summed E-state index contributed by atoms with van der Waals surface area (Å²) in [6.45, 7) is 4.36. The maximum absolute atomic E-state index is 13.5. The molecule has 2 fully saturated rings. The second-order valence-electron chi connectivity index (χ2n) is 11.5. The molecule has 16 heteroatoms. The molecule has 0 bridgehead atoms. The van der Waals surface area contributed by atoms with Crippen molar-refractivity contribution in [2.24, 2.45) is 0 Å². The molecule has 0 amide bonds. The lowest BCUT2D eigenvalue weighted by Gasteiger charge is -2.46. The van der Waals surface area contributed by atoms with E-state index in [0.29, 0.717) is 0 Å². The molecule has 2 aliphatic heterocycles. The average Bonchev–Trinajstić information content (AvgIpc) is 3.01. The van der Waals surface area contributed by atoms with Crippen LogP contribution >= 0.6 is 0 Å². The highest BCUT2D eigenvalue weighted by Crippen LogP contribution is 2.41. The van der Waals surface area contributed by atoms with Crippen molar-refractivity contribution in [1.29, 1.82) is 0 Å². The van der Waals surface area contributed by atoms with Gasteiger partial charge in [-0.05, 0) is 38.1 Å². The van der Waals surface area contributed by atoms with Crippen LogP contribution in [0.1, 0.15) is 58.2 Å². The van der Waals surface area contributed by atoms with Crippen molar-refractivity contribution in [1.82, 2.24) is 0 Å². The summed E-state index contributed by atoms with van der Waals surface area (Å²) in [7, 11) is 0. The minimum Gasteiger partial charge on any atom is -0.508 e. The third-order valence-electron chi connectivity index (χ3n) is 8.18. The first-order valence-electron chi connectivity index (χ1n) is 14.6. The summed E-state index contributed by atoms with van der Waals surface area (Å²) in [5, 5.41) is 63.3. The Bertz CT molecular complexity index is 1590. The SMILES string of the molecule is CC(=O)OC[C@H]1O[C@@H](Oc2cc3c(c(O)c2C)C(=O)c2ccc(O)cc2C3=O)[C@H](O[C@@H]2O[C@H](C)[C@@H](O)[C@H](O)[C@@H]2O)[C@@H](OC(C)=O)[C@@H]1O. The van der Waals surface area contributed by atoms with Crippen LogP contribution in [-0.4, -0.2) is 122 Å². The maximum atomic E-state index is 13.5. The number of carbonyl (C=O) groups excluding carboxylic acids is 4. The first-order chi connectivity index (χ1) is 22.1. The van der Waals surface area contributed by atoms with Crippen LogP contribution in [0.4, 0.5) is 0 Å². The predicted molar refractivity (Wildman–Crippen MR) is 153 cm³/mol. The first kappa shape index (κ1) is 34.2. The number of ketones is 2. The number of aliphatic hydroxyl groups is 4. The Morgan fingerprint density at radius 1 is 0.809 bits per heavy atom. The molecule has 0 spiro atoms. The second-order valence-corrected chi connectivity index (χ2v) is 11.5. The highest BCUT2D eigenvalue weighted by Gasteiger charge is 2.53. The Kier molecular flexibility index (Phi) is 9.57. The van der Waals surface area contributed by atoms with Gasteiger partial charge in [0.2, 0.25) is 6.29 Å². The fraction of sp³-hybridized carbons (Fsp3) is 0.484. The Morgan fingerprint density at radius 2 is 1.51 bits per heavy atom. The summed E-state index contributed by atoms with van der Waals surface area (Å²) in [5.41, 5.74) is -0.778. The summed E-state index contributed by atoms with van der Waals surface area (Å²) in [6.07, 6.45) is -16.0. The number of fused-ring (bicyclic) bond motifs is 2. The third-order valence-corrected chi connectivity index (χ3v) is 8.18. The maximum Gasteiger partial charge on any atom is 0.303 e. The van der Waals surface area contributed by atoms with E-state index < -0.39 is 97.3 Å². The van der Waals surface area contributed by atoms with Gasteiger partial charge in [0.05, 0.1) is 11.7 Å². The predicted octanol–water partition coefficient (Wildman–Crippen LogP) is -0.646. The van der Waals surface area contributed by atoms with Crippen molar-refractivity contribution in [2.45, 2.75) is 89.1 Å². The molecule has 0 unspecified atom stereocenters. The standard InChI is InChI=1S/C31H34O16/c1-10-18(8-17-20(21(10)35)24(38)15-6-5-14(34)7-16(15)23(17)37)45-31-29(47-30-27(41)26(40)22(36)11(2)43-30)28(44-13(4)33)25(39)19(46-31)9-42-12(3)32/h5-8,11,19,22,25-31,34-36,39-41H,9H2,1-4H3/t11-,19-,22-,25-,26+,27+,28+,29-,30+,31-/m1/s1. The van der Waals surface area contributed by atoms with Crippen LogP contribution in [0.2, 0.25) is 0 Å². The Labute approximate surface area is 266 Å². The smallest absolute Gasteiger partial charge is 0.303 e. The molecule has 5 rings (SSSR count). The van der Waals surface area contributed by atoms with Crippen LogP contribution in [-0.2, 0) is 33.3 Å². The first-order valence-corrected chi connectivity index (χ1v) is 14.6. The molecule has 3 aliphatic rings. The van der Waals surface area contributed by atoms with Gasteiger partial charge in [-0.3, -0.25) is 19.2 Å². The minimum absolute atomic E-state index is 0.0353. The zero-order valence-electron chi connectivity index (χ0n) is 25.6. The highest BCUT2D eigenvalue weighted by atomic mass is 16.8. The molecule has 10 atom stereocenters. The van der Waals surface area contributed by atoms with Crippen molar-refractivity contribution in [3.8, 4) is 17.2 Å². The van der Waals surface area contributed by atoms with Gasteiger partial charge < -0.3 is 59.1 Å². The molecule has 47 heavy (non-hydrogen) atoms. The van der Waals surface area contributed by atoms with Crippen LogP contribution in [0, 0.1) is 6.92 Å². The molecule has 0 saturated carbocycles. The molecule has 0 radical (unpaired) electrons. The molecule has 2 heterocycles. The quantitative estimate of drug-likeness (QED) is 0.172. The molecular weight excluding hydrogens is 628 g/mol. The molecule has 1 aliphatic carbocycles. The largest absolute Gasteiger partial charge is 0.508 e. The monoisotopic (exact) mass is 662 g/mol. The van der Waals surface area contributed by atoms with Gasteiger partial charge in [-0.25, -0.2) is 0 Å². The zero-order valence-corrected chi connectivity index (χ0v) is 25.6. The Balaban J connectivity index is 1.56. The van der Waals surface area contributed by atoms with E-state index in [0.717, 1.165) is 26.0 Å². The van der Waals surface area contributed by atoms with Crippen molar-refractivity contribution < 1.29 is 78.2 Å². The van der Waals surface area contributed by atoms with Gasteiger partial charge >= 0.3 is 11.9 Å². The number of esters is 2. The molecule has 0 aromatic heterocycles. The summed E-state index contributed by atoms with van der Waals surface area (Å²) in [6, 6.07) is 4.74.